The van der Waals surface area contributed by atoms with Gasteiger partial charge in [-0.25, -0.2) is 25.9 Å². The summed E-state index contributed by atoms with van der Waals surface area (Å²) in [5, 5.41) is 0.618. The van der Waals surface area contributed by atoms with Crippen LogP contribution in [0.3, 0.4) is 0 Å². The van der Waals surface area contributed by atoms with Gasteiger partial charge in [0.2, 0.25) is 20.0 Å². The molecular weight excluding hydrogens is 547 g/mol. The molecular formula is C23H20ClFN4O6S2. The Hall–Kier alpha value is -3.68. The molecule has 0 aliphatic rings. The Balaban J connectivity index is 2.04. The molecule has 0 saturated carbocycles. The lowest BCUT2D eigenvalue weighted by Crippen LogP contribution is -2.32. The van der Waals surface area contributed by atoms with Gasteiger partial charge >= 0.3 is 0 Å². The number of hydrogen-bond donors (Lipinski definition) is 3. The minimum Gasteiger partial charge on any atom is -0.331 e. The van der Waals surface area contributed by atoms with Crippen molar-refractivity contribution < 1.29 is 26.0 Å². The number of pyridine rings is 1. The molecule has 10 nitrogen and oxygen atoms in total. The number of aromatic amines is 1. The molecule has 4 aromatic rings. The van der Waals surface area contributed by atoms with Crippen molar-refractivity contribution in [2.24, 2.45) is 0 Å². The zero-order valence-electron chi connectivity index (χ0n) is 19.4. The molecule has 37 heavy (non-hydrogen) atoms. The van der Waals surface area contributed by atoms with Crippen molar-refractivity contribution in [1.29, 1.82) is 0 Å². The lowest BCUT2D eigenvalue weighted by molar-refractivity contribution is 0.0974. The number of nitrogens with one attached hydrogen (secondary N) is 3. The molecule has 0 atom stereocenters. The van der Waals surface area contributed by atoms with Crippen molar-refractivity contribution in [3.8, 4) is 11.1 Å². The van der Waals surface area contributed by atoms with Gasteiger partial charge in [0.15, 0.2) is 0 Å². The summed E-state index contributed by atoms with van der Waals surface area (Å²) in [7, 11) is -7.69. The van der Waals surface area contributed by atoms with Crippen LogP contribution in [0.25, 0.3) is 22.0 Å². The van der Waals surface area contributed by atoms with Gasteiger partial charge in [-0.15, -0.1) is 0 Å². The summed E-state index contributed by atoms with van der Waals surface area (Å²) in [6.07, 6.45) is 3.13. The quantitative estimate of drug-likeness (QED) is 0.313. The van der Waals surface area contributed by atoms with Gasteiger partial charge in [0.1, 0.15) is 11.5 Å². The van der Waals surface area contributed by atoms with Crippen molar-refractivity contribution in [1.82, 2.24) is 14.3 Å². The first-order chi connectivity index (χ1) is 17.2. The van der Waals surface area contributed by atoms with Crippen LogP contribution in [0.4, 0.5) is 10.1 Å². The highest BCUT2D eigenvalue weighted by Crippen LogP contribution is 2.36. The highest BCUT2D eigenvalue weighted by molar-refractivity contribution is 7.92. The van der Waals surface area contributed by atoms with Crippen LogP contribution in [-0.4, -0.2) is 44.8 Å². The summed E-state index contributed by atoms with van der Waals surface area (Å²) in [5.41, 5.74) is -0.225. The van der Waals surface area contributed by atoms with Crippen LogP contribution in [0.5, 0.6) is 0 Å². The third-order valence-corrected chi connectivity index (χ3v) is 6.68. The third kappa shape index (κ3) is 5.84. The molecule has 2 heterocycles. The summed E-state index contributed by atoms with van der Waals surface area (Å²) >= 11 is 6.22. The molecule has 2 aromatic carbocycles. The first-order valence-electron chi connectivity index (χ1n) is 10.5. The number of halogens is 2. The van der Waals surface area contributed by atoms with Crippen molar-refractivity contribution in [2.45, 2.75) is 6.54 Å². The average molecular weight is 567 g/mol. The number of nitrogens with zero attached hydrogens (tertiary/aromatic N) is 1. The molecule has 0 spiro atoms. The lowest BCUT2D eigenvalue weighted by Gasteiger charge is -2.14. The highest BCUT2D eigenvalue weighted by Gasteiger charge is 2.28. The van der Waals surface area contributed by atoms with E-state index in [1.807, 2.05) is 4.72 Å². The number of sulfonamides is 2. The minimum atomic E-state index is -4.03. The Kier molecular flexibility index (Phi) is 6.88. The standard InChI is InChI=1S/C23H20ClFN4O6S2/c1-36(32,33)27-15-6-7-18(25)13(10-15)12-29-19-8-5-14(24)11-17(19)20(16-4-3-9-26-22(16)30)21(29)23(31)28-37(2,34)35/h3-11,27H,12H2,1-2H3,(H,26,30)(H,28,31). The van der Waals surface area contributed by atoms with E-state index in [1.54, 1.807) is 6.07 Å². The normalized spacial score (nSPS) is 12.0. The molecule has 2 aromatic heterocycles. The fourth-order valence-corrected chi connectivity index (χ4v) is 5.14. The Morgan fingerprint density at radius 2 is 1.78 bits per heavy atom. The maximum absolute atomic E-state index is 14.9. The molecule has 4 rings (SSSR count). The van der Waals surface area contributed by atoms with Crippen molar-refractivity contribution in [2.75, 3.05) is 17.2 Å². The molecule has 3 N–H and O–H groups in total. The van der Waals surface area contributed by atoms with Gasteiger partial charge in [-0.05, 0) is 48.5 Å². The van der Waals surface area contributed by atoms with Gasteiger partial charge in [0.25, 0.3) is 11.5 Å². The minimum absolute atomic E-state index is 0.0116. The van der Waals surface area contributed by atoms with Gasteiger partial charge in [-0.1, -0.05) is 11.6 Å². The second kappa shape index (κ2) is 9.65. The number of carbonyl (C=O) groups excluding carboxylic acids is 1. The van der Waals surface area contributed by atoms with Gasteiger partial charge in [0, 0.05) is 44.5 Å². The summed E-state index contributed by atoms with van der Waals surface area (Å²) < 4.78 is 67.6. The Morgan fingerprint density at radius 3 is 2.43 bits per heavy atom. The monoisotopic (exact) mass is 566 g/mol. The number of anilines is 1. The van der Waals surface area contributed by atoms with Crippen LogP contribution in [0.1, 0.15) is 16.1 Å². The summed E-state index contributed by atoms with van der Waals surface area (Å²) in [5.74, 6) is -1.76. The van der Waals surface area contributed by atoms with E-state index >= 15 is 0 Å². The SMILES string of the molecule is CS(=O)(=O)NC(=O)c1c(-c2ccc[nH]c2=O)c2cc(Cl)ccc2n1Cc1cc(NS(C)(=O)=O)ccc1F. The lowest BCUT2D eigenvalue weighted by atomic mass is 10.0. The predicted octanol–water partition coefficient (Wildman–Crippen LogP) is 2.90. The first kappa shape index (κ1) is 26.4. The van der Waals surface area contributed by atoms with Crippen molar-refractivity contribution in [3.63, 3.8) is 0 Å². The number of carbonyl (C=O) groups is 1. The number of benzene rings is 2. The molecule has 0 saturated heterocycles. The van der Waals surface area contributed by atoms with Crippen LogP contribution < -0.4 is 15.0 Å². The summed E-state index contributed by atoms with van der Waals surface area (Å²) in [6, 6.07) is 11.1. The van der Waals surface area contributed by atoms with Gasteiger partial charge < -0.3 is 9.55 Å². The van der Waals surface area contributed by atoms with Crippen molar-refractivity contribution in [3.05, 3.63) is 87.2 Å². The largest absolute Gasteiger partial charge is 0.331 e. The molecule has 0 bridgehead atoms. The van der Waals surface area contributed by atoms with Crippen LogP contribution in [0.2, 0.25) is 5.02 Å². The Morgan fingerprint density at radius 1 is 1.05 bits per heavy atom. The molecule has 0 aliphatic carbocycles. The van der Waals surface area contributed by atoms with Crippen LogP contribution in [0, 0.1) is 5.82 Å². The summed E-state index contributed by atoms with van der Waals surface area (Å²) in [6.45, 7) is -0.319. The number of hydrogen-bond acceptors (Lipinski definition) is 6. The molecule has 194 valence electrons. The second-order valence-electron chi connectivity index (χ2n) is 8.27. The maximum atomic E-state index is 14.9. The van der Waals surface area contributed by atoms with E-state index in [0.717, 1.165) is 18.6 Å². The number of H-pyrrole nitrogens is 1. The number of amides is 1. The van der Waals surface area contributed by atoms with Crippen LogP contribution in [0.15, 0.2) is 59.5 Å². The number of fused-ring (bicyclic) bond motifs is 1. The Bertz CT molecular complexity index is 1830. The van der Waals surface area contributed by atoms with E-state index in [2.05, 4.69) is 9.71 Å². The first-order valence-corrected chi connectivity index (χ1v) is 14.7. The van der Waals surface area contributed by atoms with E-state index in [1.165, 1.54) is 47.2 Å². The fourth-order valence-electron chi connectivity index (χ4n) is 3.98. The van der Waals surface area contributed by atoms with E-state index in [9.17, 15) is 30.8 Å². The second-order valence-corrected chi connectivity index (χ2v) is 12.2. The van der Waals surface area contributed by atoms with E-state index in [-0.39, 0.29) is 39.6 Å². The molecule has 0 radical (unpaired) electrons. The van der Waals surface area contributed by atoms with E-state index in [4.69, 9.17) is 11.6 Å². The maximum Gasteiger partial charge on any atom is 0.282 e. The fraction of sp³-hybridized carbons (Fsp3) is 0.130. The molecule has 0 unspecified atom stereocenters. The highest BCUT2D eigenvalue weighted by atomic mass is 35.5. The van der Waals surface area contributed by atoms with Crippen LogP contribution >= 0.6 is 11.6 Å². The molecule has 0 fully saturated rings. The zero-order chi connectivity index (χ0) is 27.1. The number of aromatic nitrogens is 2. The van der Waals surface area contributed by atoms with Gasteiger partial charge in [0.05, 0.1) is 19.1 Å². The van der Waals surface area contributed by atoms with Gasteiger partial charge in [-0.2, -0.15) is 0 Å². The Labute approximate surface area is 216 Å². The zero-order valence-corrected chi connectivity index (χ0v) is 21.8. The molecule has 1 amide bonds. The summed E-state index contributed by atoms with van der Waals surface area (Å²) in [4.78, 5) is 28.6. The predicted molar refractivity (Wildman–Crippen MR) is 139 cm³/mol. The smallest absolute Gasteiger partial charge is 0.282 e. The molecule has 0 aliphatic heterocycles. The third-order valence-electron chi connectivity index (χ3n) is 5.28. The van der Waals surface area contributed by atoms with E-state index in [0.29, 0.717) is 10.9 Å². The topological polar surface area (TPSA) is 147 Å². The number of rotatable bonds is 7. The van der Waals surface area contributed by atoms with Gasteiger partial charge in [-0.3, -0.25) is 14.3 Å². The van der Waals surface area contributed by atoms with Crippen molar-refractivity contribution >= 4 is 54.1 Å². The average Bonchev–Trinajstić information content (AvgIpc) is 3.07. The molecule has 14 heteroatoms. The van der Waals surface area contributed by atoms with Crippen LogP contribution in [-0.2, 0) is 26.6 Å². The van der Waals surface area contributed by atoms with E-state index < -0.39 is 37.3 Å².